The topological polar surface area (TPSA) is 66.1 Å². The number of thioether (sulfide) groups is 1. The molecule has 0 saturated carbocycles. The van der Waals surface area contributed by atoms with E-state index in [-0.39, 0.29) is 5.92 Å². The monoisotopic (exact) mass is 324 g/mol. The zero-order valence-electron chi connectivity index (χ0n) is 12.9. The van der Waals surface area contributed by atoms with Gasteiger partial charge in [0.25, 0.3) is 0 Å². The molecule has 0 fully saturated rings. The molecule has 0 amide bonds. The molecule has 1 aliphatic heterocycles. The first-order valence-corrected chi connectivity index (χ1v) is 7.97. The number of hydrogen-bond donors (Lipinski definition) is 1. The Bertz CT molecular complexity index is 798. The fraction of sp³-hybridized carbons (Fsp3) is 0.222. The van der Waals surface area contributed by atoms with Gasteiger partial charge in [0.1, 0.15) is 17.4 Å². The summed E-state index contributed by atoms with van der Waals surface area (Å²) in [6, 6.07) is 15.8. The Labute approximate surface area is 139 Å². The zero-order chi connectivity index (χ0) is 16.4. The zero-order valence-corrected chi connectivity index (χ0v) is 13.7. The third kappa shape index (κ3) is 2.78. The first kappa shape index (κ1) is 15.4. The largest absolute Gasteiger partial charge is 0.497 e. The van der Waals surface area contributed by atoms with Crippen molar-refractivity contribution in [2.45, 2.75) is 10.8 Å². The van der Waals surface area contributed by atoms with Crippen molar-refractivity contribution < 1.29 is 9.47 Å². The molecule has 2 unspecified atom stereocenters. The van der Waals surface area contributed by atoms with Gasteiger partial charge >= 0.3 is 0 Å². The molecule has 0 saturated heterocycles. The van der Waals surface area contributed by atoms with E-state index < -0.39 is 5.92 Å². The summed E-state index contributed by atoms with van der Waals surface area (Å²) in [4.78, 5) is 0.966. The van der Waals surface area contributed by atoms with Crippen LogP contribution in [0, 0.1) is 22.7 Å². The first-order valence-electron chi connectivity index (χ1n) is 7.15. The molecule has 2 atom stereocenters. The van der Waals surface area contributed by atoms with E-state index >= 15 is 0 Å². The van der Waals surface area contributed by atoms with Gasteiger partial charge in [-0.15, -0.1) is 0 Å². The van der Waals surface area contributed by atoms with Gasteiger partial charge < -0.3 is 9.47 Å². The van der Waals surface area contributed by atoms with Gasteiger partial charge in [0.05, 0.1) is 25.3 Å². The van der Waals surface area contributed by atoms with Crippen molar-refractivity contribution in [1.82, 2.24) is 0 Å². The van der Waals surface area contributed by atoms with Crippen LogP contribution in [0.5, 0.6) is 11.5 Å². The van der Waals surface area contributed by atoms with Crippen LogP contribution in [-0.2, 0) is 0 Å². The minimum absolute atomic E-state index is 0.176. The van der Waals surface area contributed by atoms with E-state index in [0.717, 1.165) is 27.5 Å². The van der Waals surface area contributed by atoms with E-state index in [2.05, 4.69) is 6.07 Å². The molecule has 0 aliphatic carbocycles. The predicted molar refractivity (Wildman–Crippen MR) is 90.5 cm³/mol. The molecule has 2 aromatic carbocycles. The number of ether oxygens (including phenoxy) is 2. The molecular formula is C18H16N2O2S. The number of hydrogen-bond acceptors (Lipinski definition) is 5. The summed E-state index contributed by atoms with van der Waals surface area (Å²) in [7, 11) is 3.25. The maximum Gasteiger partial charge on any atom is 0.120 e. The van der Waals surface area contributed by atoms with Crippen molar-refractivity contribution in [3.63, 3.8) is 0 Å². The second-order valence-electron chi connectivity index (χ2n) is 5.23. The third-order valence-corrected chi connectivity index (χ3v) is 5.03. The van der Waals surface area contributed by atoms with Crippen molar-refractivity contribution in [3.8, 4) is 17.6 Å². The summed E-state index contributed by atoms with van der Waals surface area (Å²) in [5, 5.41) is 18.2. The van der Waals surface area contributed by atoms with E-state index in [1.165, 1.54) is 11.8 Å². The molecule has 1 aliphatic rings. The highest BCUT2D eigenvalue weighted by Crippen LogP contribution is 2.46. The Balaban J connectivity index is 2.16. The molecule has 3 rings (SSSR count). The van der Waals surface area contributed by atoms with Crippen LogP contribution in [0.2, 0.25) is 0 Å². The Morgan fingerprint density at radius 1 is 1.09 bits per heavy atom. The molecule has 2 aromatic rings. The van der Waals surface area contributed by atoms with Crippen molar-refractivity contribution in [2.75, 3.05) is 14.2 Å². The number of fused-ring (bicyclic) bond motifs is 1. The summed E-state index contributed by atoms with van der Waals surface area (Å²) in [5.74, 6) is 0.834. The molecule has 0 aromatic heterocycles. The van der Waals surface area contributed by atoms with Crippen LogP contribution in [-0.4, -0.2) is 19.3 Å². The summed E-state index contributed by atoms with van der Waals surface area (Å²) in [6.07, 6.45) is 0. The van der Waals surface area contributed by atoms with Gasteiger partial charge in [0.15, 0.2) is 0 Å². The van der Waals surface area contributed by atoms with Crippen LogP contribution >= 0.6 is 11.8 Å². The van der Waals surface area contributed by atoms with Crippen LogP contribution in [0.4, 0.5) is 0 Å². The summed E-state index contributed by atoms with van der Waals surface area (Å²) in [6.45, 7) is 0. The predicted octanol–water partition coefficient (Wildman–Crippen LogP) is 4.06. The smallest absolute Gasteiger partial charge is 0.120 e. The van der Waals surface area contributed by atoms with Gasteiger partial charge in [-0.05, 0) is 35.4 Å². The summed E-state index contributed by atoms with van der Waals surface area (Å²) >= 11 is 1.33. The fourth-order valence-electron chi connectivity index (χ4n) is 2.84. The number of nitriles is 1. The van der Waals surface area contributed by atoms with E-state index in [1.807, 2.05) is 42.5 Å². The van der Waals surface area contributed by atoms with Crippen molar-refractivity contribution in [3.05, 3.63) is 53.6 Å². The SMILES string of the molecule is COc1cccc(C2c3ccc(OC)cc3SC(=N)C2C#N)c1. The first-order chi connectivity index (χ1) is 11.2. The highest BCUT2D eigenvalue weighted by molar-refractivity contribution is 8.14. The van der Waals surface area contributed by atoms with Crippen molar-refractivity contribution in [1.29, 1.82) is 10.7 Å². The van der Waals surface area contributed by atoms with Crippen LogP contribution in [0.1, 0.15) is 17.0 Å². The van der Waals surface area contributed by atoms with Gasteiger partial charge in [0, 0.05) is 10.8 Å². The van der Waals surface area contributed by atoms with E-state index in [1.54, 1.807) is 14.2 Å². The maximum absolute atomic E-state index is 9.59. The lowest BCUT2D eigenvalue weighted by Crippen LogP contribution is -2.24. The van der Waals surface area contributed by atoms with Crippen LogP contribution in [0.3, 0.4) is 0 Å². The number of rotatable bonds is 3. The Hall–Kier alpha value is -2.45. The molecule has 4 nitrogen and oxygen atoms in total. The summed E-state index contributed by atoms with van der Waals surface area (Å²) in [5.41, 5.74) is 2.03. The normalized spacial score (nSPS) is 19.6. The van der Waals surface area contributed by atoms with Gasteiger partial charge in [-0.3, -0.25) is 5.41 Å². The second kappa shape index (κ2) is 6.35. The molecule has 0 bridgehead atoms. The van der Waals surface area contributed by atoms with Crippen LogP contribution < -0.4 is 9.47 Å². The molecule has 5 heteroatoms. The standard InChI is InChI=1S/C18H16N2O2S/c1-21-12-5-3-4-11(8-12)17-14-7-6-13(22-2)9-16(14)23-18(20)15(17)10-19/h3-9,15,17,20H,1-2H3. The second-order valence-corrected chi connectivity index (χ2v) is 6.31. The lowest BCUT2D eigenvalue weighted by Gasteiger charge is -2.30. The van der Waals surface area contributed by atoms with Crippen LogP contribution in [0.25, 0.3) is 0 Å². The van der Waals surface area contributed by atoms with Gasteiger partial charge in [0.2, 0.25) is 0 Å². The number of benzene rings is 2. The Morgan fingerprint density at radius 2 is 1.83 bits per heavy atom. The minimum Gasteiger partial charge on any atom is -0.497 e. The van der Waals surface area contributed by atoms with Crippen molar-refractivity contribution in [2.24, 2.45) is 5.92 Å². The van der Waals surface area contributed by atoms with Gasteiger partial charge in [-0.1, -0.05) is 30.0 Å². The molecule has 1 heterocycles. The maximum atomic E-state index is 9.59. The molecule has 0 spiro atoms. The Kier molecular flexibility index (Phi) is 4.26. The van der Waals surface area contributed by atoms with E-state index in [9.17, 15) is 5.26 Å². The minimum atomic E-state index is -0.493. The number of methoxy groups -OCH3 is 2. The Morgan fingerprint density at radius 3 is 2.52 bits per heavy atom. The molecule has 23 heavy (non-hydrogen) atoms. The lowest BCUT2D eigenvalue weighted by atomic mass is 9.81. The highest BCUT2D eigenvalue weighted by atomic mass is 32.2. The molecular weight excluding hydrogens is 308 g/mol. The average molecular weight is 324 g/mol. The van der Waals surface area contributed by atoms with Crippen molar-refractivity contribution >= 4 is 16.8 Å². The van der Waals surface area contributed by atoms with E-state index in [0.29, 0.717) is 5.04 Å². The van der Waals surface area contributed by atoms with Crippen LogP contribution in [0.15, 0.2) is 47.4 Å². The molecule has 1 N–H and O–H groups in total. The summed E-state index contributed by atoms with van der Waals surface area (Å²) < 4.78 is 10.6. The highest BCUT2D eigenvalue weighted by Gasteiger charge is 2.35. The van der Waals surface area contributed by atoms with Gasteiger partial charge in [-0.25, -0.2) is 0 Å². The van der Waals surface area contributed by atoms with Gasteiger partial charge in [-0.2, -0.15) is 5.26 Å². The third-order valence-electron chi connectivity index (χ3n) is 3.98. The number of nitrogens with zero attached hydrogens (tertiary/aromatic N) is 1. The molecule has 0 radical (unpaired) electrons. The number of nitrogens with one attached hydrogen (secondary N) is 1. The van der Waals surface area contributed by atoms with E-state index in [4.69, 9.17) is 14.9 Å². The lowest BCUT2D eigenvalue weighted by molar-refractivity contribution is 0.412. The quantitative estimate of drug-likeness (QED) is 0.924. The molecule has 116 valence electrons. The average Bonchev–Trinajstić information content (AvgIpc) is 2.59. The fourth-order valence-corrected chi connectivity index (χ4v) is 3.88.